The van der Waals surface area contributed by atoms with Gasteiger partial charge in [0, 0.05) is 24.0 Å². The summed E-state index contributed by atoms with van der Waals surface area (Å²) in [5, 5.41) is 0. The summed E-state index contributed by atoms with van der Waals surface area (Å²) >= 11 is 0. The fourth-order valence-electron chi connectivity index (χ4n) is 1.82. The van der Waals surface area contributed by atoms with Crippen molar-refractivity contribution in [1.82, 2.24) is 4.98 Å². The molecule has 0 aliphatic rings. The molecule has 0 saturated heterocycles. The third-order valence-electron chi connectivity index (χ3n) is 2.82. The van der Waals surface area contributed by atoms with E-state index in [0.717, 1.165) is 0 Å². The average molecular weight is 288 g/mol. The standard InChI is InChI=1S/C13H9F5N2/c14-9-8(10(15)12(17)13(18)11(9)16)7(19)5-6-1-3-20-4-2-6/h1-4,7H,5,19H2. The Morgan fingerprint density at radius 2 is 1.30 bits per heavy atom. The van der Waals surface area contributed by atoms with Crippen molar-refractivity contribution in [3.05, 3.63) is 64.7 Å². The number of aromatic nitrogens is 1. The van der Waals surface area contributed by atoms with Crippen molar-refractivity contribution in [1.29, 1.82) is 0 Å². The van der Waals surface area contributed by atoms with E-state index in [4.69, 9.17) is 5.73 Å². The normalized spacial score (nSPS) is 12.5. The van der Waals surface area contributed by atoms with Crippen LogP contribution in [0.4, 0.5) is 22.0 Å². The smallest absolute Gasteiger partial charge is 0.200 e. The lowest BCUT2D eigenvalue weighted by Crippen LogP contribution is -2.20. The van der Waals surface area contributed by atoms with Gasteiger partial charge in [-0.2, -0.15) is 0 Å². The van der Waals surface area contributed by atoms with Crippen LogP contribution in [-0.4, -0.2) is 4.98 Å². The van der Waals surface area contributed by atoms with Crippen molar-refractivity contribution < 1.29 is 22.0 Å². The Hall–Kier alpha value is -2.02. The lowest BCUT2D eigenvalue weighted by Gasteiger charge is -2.15. The fourth-order valence-corrected chi connectivity index (χ4v) is 1.82. The van der Waals surface area contributed by atoms with Gasteiger partial charge in [0.2, 0.25) is 5.82 Å². The van der Waals surface area contributed by atoms with Crippen molar-refractivity contribution in [3.8, 4) is 0 Å². The van der Waals surface area contributed by atoms with Crippen molar-refractivity contribution in [2.75, 3.05) is 0 Å². The Balaban J connectivity index is 2.42. The zero-order valence-corrected chi connectivity index (χ0v) is 10.0. The molecule has 0 aliphatic carbocycles. The maximum atomic E-state index is 13.5. The first-order valence-electron chi connectivity index (χ1n) is 5.59. The predicted octanol–water partition coefficient (Wildman–Crippen LogP) is 3.02. The summed E-state index contributed by atoms with van der Waals surface area (Å²) in [6.45, 7) is 0. The van der Waals surface area contributed by atoms with E-state index in [1.54, 1.807) is 0 Å². The van der Waals surface area contributed by atoms with E-state index in [9.17, 15) is 22.0 Å². The number of pyridine rings is 1. The van der Waals surface area contributed by atoms with Gasteiger partial charge in [-0.1, -0.05) is 0 Å². The molecule has 1 aromatic heterocycles. The Bertz CT molecular complexity index is 601. The highest BCUT2D eigenvalue weighted by Gasteiger charge is 2.28. The van der Waals surface area contributed by atoms with Crippen LogP contribution in [0.25, 0.3) is 0 Å². The molecule has 0 spiro atoms. The van der Waals surface area contributed by atoms with Crippen LogP contribution in [-0.2, 0) is 6.42 Å². The summed E-state index contributed by atoms with van der Waals surface area (Å²) in [7, 11) is 0. The number of nitrogens with zero attached hydrogens (tertiary/aromatic N) is 1. The highest BCUT2D eigenvalue weighted by Crippen LogP contribution is 2.28. The maximum absolute atomic E-state index is 13.5. The van der Waals surface area contributed by atoms with Gasteiger partial charge in [0.15, 0.2) is 23.3 Å². The number of rotatable bonds is 3. The number of halogens is 5. The van der Waals surface area contributed by atoms with Gasteiger partial charge in [0.25, 0.3) is 0 Å². The van der Waals surface area contributed by atoms with Crippen LogP contribution < -0.4 is 5.73 Å². The van der Waals surface area contributed by atoms with Gasteiger partial charge in [-0.15, -0.1) is 0 Å². The van der Waals surface area contributed by atoms with Crippen molar-refractivity contribution >= 4 is 0 Å². The molecule has 1 unspecified atom stereocenters. The second kappa shape index (κ2) is 5.54. The lowest BCUT2D eigenvalue weighted by atomic mass is 9.98. The van der Waals surface area contributed by atoms with Crippen molar-refractivity contribution in [3.63, 3.8) is 0 Å². The summed E-state index contributed by atoms with van der Waals surface area (Å²) in [5.41, 5.74) is 5.11. The first-order valence-corrected chi connectivity index (χ1v) is 5.59. The molecular formula is C13H9F5N2. The quantitative estimate of drug-likeness (QED) is 0.535. The Labute approximate surface area is 111 Å². The largest absolute Gasteiger partial charge is 0.323 e. The molecule has 2 N–H and O–H groups in total. The number of hydrogen-bond acceptors (Lipinski definition) is 2. The number of benzene rings is 1. The number of hydrogen-bond donors (Lipinski definition) is 1. The molecule has 7 heteroatoms. The summed E-state index contributed by atoms with van der Waals surface area (Å²) < 4.78 is 66.1. The highest BCUT2D eigenvalue weighted by molar-refractivity contribution is 5.28. The molecule has 1 heterocycles. The van der Waals surface area contributed by atoms with Gasteiger partial charge in [-0.3, -0.25) is 4.98 Å². The lowest BCUT2D eigenvalue weighted by molar-refractivity contribution is 0.363. The molecule has 2 rings (SSSR count). The minimum atomic E-state index is -2.19. The highest BCUT2D eigenvalue weighted by atomic mass is 19.2. The van der Waals surface area contributed by atoms with Crippen LogP contribution in [0.15, 0.2) is 24.5 Å². The van der Waals surface area contributed by atoms with Crippen LogP contribution in [0.2, 0.25) is 0 Å². The molecule has 20 heavy (non-hydrogen) atoms. The number of nitrogens with two attached hydrogens (primary N) is 1. The molecule has 2 nitrogen and oxygen atoms in total. The second-order valence-corrected chi connectivity index (χ2v) is 4.15. The van der Waals surface area contributed by atoms with Crippen LogP contribution >= 0.6 is 0 Å². The topological polar surface area (TPSA) is 38.9 Å². The minimum absolute atomic E-state index is 0.0825. The minimum Gasteiger partial charge on any atom is -0.323 e. The molecule has 0 amide bonds. The molecular weight excluding hydrogens is 279 g/mol. The summed E-state index contributed by atoms with van der Waals surface area (Å²) in [5.74, 6) is -9.99. The molecule has 0 aliphatic heterocycles. The molecule has 1 aromatic carbocycles. The van der Waals surface area contributed by atoms with Gasteiger partial charge >= 0.3 is 0 Å². The molecule has 2 aromatic rings. The van der Waals surface area contributed by atoms with E-state index in [0.29, 0.717) is 5.56 Å². The Morgan fingerprint density at radius 3 is 1.80 bits per heavy atom. The van der Waals surface area contributed by atoms with Gasteiger partial charge in [0.1, 0.15) is 0 Å². The Morgan fingerprint density at radius 1 is 0.850 bits per heavy atom. The summed E-state index contributed by atoms with van der Waals surface area (Å²) in [6.07, 6.45) is 2.78. The van der Waals surface area contributed by atoms with Crippen LogP contribution in [0.1, 0.15) is 17.2 Å². The Kier molecular flexibility index (Phi) is 3.99. The monoisotopic (exact) mass is 288 g/mol. The van der Waals surface area contributed by atoms with E-state index >= 15 is 0 Å². The van der Waals surface area contributed by atoms with Gasteiger partial charge in [-0.05, 0) is 24.1 Å². The van der Waals surface area contributed by atoms with Gasteiger partial charge < -0.3 is 5.73 Å². The SMILES string of the molecule is NC(Cc1ccncc1)c1c(F)c(F)c(F)c(F)c1F. The fraction of sp³-hybridized carbons (Fsp3) is 0.154. The molecule has 106 valence electrons. The van der Waals surface area contributed by atoms with Gasteiger partial charge in [0.05, 0.1) is 0 Å². The summed E-state index contributed by atoms with van der Waals surface area (Å²) in [4.78, 5) is 3.74. The van der Waals surface area contributed by atoms with Crippen LogP contribution in [0.5, 0.6) is 0 Å². The van der Waals surface area contributed by atoms with Crippen LogP contribution in [0.3, 0.4) is 0 Å². The van der Waals surface area contributed by atoms with E-state index < -0.39 is 40.7 Å². The van der Waals surface area contributed by atoms with Crippen LogP contribution in [0, 0.1) is 29.1 Å². The van der Waals surface area contributed by atoms with E-state index in [2.05, 4.69) is 4.98 Å². The molecule has 0 saturated carbocycles. The predicted molar refractivity (Wildman–Crippen MR) is 61.1 cm³/mol. The molecule has 0 fully saturated rings. The first-order chi connectivity index (χ1) is 9.43. The van der Waals surface area contributed by atoms with Crippen molar-refractivity contribution in [2.24, 2.45) is 5.73 Å². The van der Waals surface area contributed by atoms with E-state index in [-0.39, 0.29) is 6.42 Å². The maximum Gasteiger partial charge on any atom is 0.200 e. The molecule has 0 radical (unpaired) electrons. The zero-order chi connectivity index (χ0) is 14.9. The third-order valence-corrected chi connectivity index (χ3v) is 2.82. The average Bonchev–Trinajstić information content (AvgIpc) is 2.44. The van der Waals surface area contributed by atoms with E-state index in [1.807, 2.05) is 0 Å². The van der Waals surface area contributed by atoms with E-state index in [1.165, 1.54) is 24.5 Å². The molecule has 0 bridgehead atoms. The third kappa shape index (κ3) is 2.49. The first kappa shape index (κ1) is 14.4. The summed E-state index contributed by atoms with van der Waals surface area (Å²) in [6, 6.07) is 1.71. The second-order valence-electron chi connectivity index (χ2n) is 4.15. The van der Waals surface area contributed by atoms with Crippen molar-refractivity contribution in [2.45, 2.75) is 12.5 Å². The van der Waals surface area contributed by atoms with Gasteiger partial charge in [-0.25, -0.2) is 22.0 Å². The zero-order valence-electron chi connectivity index (χ0n) is 10.0. The molecule has 1 atom stereocenters.